The third kappa shape index (κ3) is 2.68. The standard InChI is InChI=1S/C20H18BrClN2O3/c21-9-1-4-15(14(22)7-9)23-16(25)5-6-24-19(26)17-10-2-3-11(13-8-12(10)13)18(17)20(24)27/h1-4,7,10-13,17-18H,5-6,8H2,(H,23,25)/t10-,11+,12-,13-,17-,18+/m0/s1. The van der Waals surface area contributed by atoms with E-state index in [9.17, 15) is 14.4 Å². The molecular weight excluding hydrogens is 432 g/mol. The Morgan fingerprint density at radius 3 is 2.37 bits per heavy atom. The van der Waals surface area contributed by atoms with Gasteiger partial charge in [0.2, 0.25) is 17.7 Å². The molecule has 6 rings (SSSR count). The van der Waals surface area contributed by atoms with Crippen molar-refractivity contribution < 1.29 is 14.4 Å². The van der Waals surface area contributed by atoms with Gasteiger partial charge >= 0.3 is 0 Å². The zero-order valence-electron chi connectivity index (χ0n) is 14.4. The second-order valence-corrected chi connectivity index (χ2v) is 9.23. The lowest BCUT2D eigenvalue weighted by atomic mass is 9.63. The number of rotatable bonds is 4. The van der Waals surface area contributed by atoms with Crippen LogP contribution in [-0.2, 0) is 14.4 Å². The van der Waals surface area contributed by atoms with E-state index >= 15 is 0 Å². The first-order valence-corrected chi connectivity index (χ1v) is 10.4. The molecule has 0 aromatic heterocycles. The van der Waals surface area contributed by atoms with Gasteiger partial charge in [-0.1, -0.05) is 39.7 Å². The van der Waals surface area contributed by atoms with Gasteiger partial charge < -0.3 is 5.32 Å². The van der Waals surface area contributed by atoms with Gasteiger partial charge in [0.25, 0.3) is 0 Å². The van der Waals surface area contributed by atoms with Crippen LogP contribution in [0.25, 0.3) is 0 Å². The summed E-state index contributed by atoms with van der Waals surface area (Å²) in [7, 11) is 0. The van der Waals surface area contributed by atoms with E-state index in [1.165, 1.54) is 4.90 Å². The summed E-state index contributed by atoms with van der Waals surface area (Å²) in [6.45, 7) is 0.124. The highest BCUT2D eigenvalue weighted by Gasteiger charge is 2.66. The number of imide groups is 1. The normalized spacial score (nSPS) is 35.3. The van der Waals surface area contributed by atoms with E-state index in [2.05, 4.69) is 33.4 Å². The molecule has 7 heteroatoms. The van der Waals surface area contributed by atoms with E-state index in [1.54, 1.807) is 18.2 Å². The van der Waals surface area contributed by atoms with Gasteiger partial charge in [0.05, 0.1) is 22.5 Å². The van der Waals surface area contributed by atoms with Crippen LogP contribution in [0.2, 0.25) is 5.02 Å². The van der Waals surface area contributed by atoms with Crippen molar-refractivity contribution in [3.05, 3.63) is 39.8 Å². The number of anilines is 1. The van der Waals surface area contributed by atoms with Gasteiger partial charge in [0, 0.05) is 17.4 Å². The van der Waals surface area contributed by atoms with Crippen LogP contribution in [0, 0.1) is 35.5 Å². The first kappa shape index (κ1) is 17.4. The molecule has 3 fully saturated rings. The van der Waals surface area contributed by atoms with Gasteiger partial charge in [-0.25, -0.2) is 0 Å². The Morgan fingerprint density at radius 1 is 1.15 bits per heavy atom. The van der Waals surface area contributed by atoms with E-state index in [0.717, 1.165) is 10.9 Å². The van der Waals surface area contributed by atoms with Crippen LogP contribution in [-0.4, -0.2) is 29.2 Å². The van der Waals surface area contributed by atoms with Gasteiger partial charge in [-0.2, -0.15) is 0 Å². The number of benzene rings is 1. The largest absolute Gasteiger partial charge is 0.325 e. The summed E-state index contributed by atoms with van der Waals surface area (Å²) in [6, 6.07) is 5.19. The van der Waals surface area contributed by atoms with Gasteiger partial charge in [-0.15, -0.1) is 0 Å². The van der Waals surface area contributed by atoms with Crippen molar-refractivity contribution in [2.75, 3.05) is 11.9 Å². The number of nitrogens with one attached hydrogen (secondary N) is 1. The number of carbonyl (C=O) groups excluding carboxylic acids is 3. The molecule has 140 valence electrons. The quantitative estimate of drug-likeness (QED) is 0.565. The van der Waals surface area contributed by atoms with Crippen molar-refractivity contribution in [3.63, 3.8) is 0 Å². The lowest BCUT2D eigenvalue weighted by Gasteiger charge is -2.37. The molecule has 6 atom stereocenters. The third-order valence-corrected chi connectivity index (χ3v) is 7.33. The van der Waals surface area contributed by atoms with Crippen molar-refractivity contribution in [3.8, 4) is 0 Å². The summed E-state index contributed by atoms with van der Waals surface area (Å²) < 4.78 is 0.822. The second-order valence-electron chi connectivity index (χ2n) is 7.91. The smallest absolute Gasteiger partial charge is 0.233 e. The number of halogens is 2. The molecule has 3 amide bonds. The summed E-state index contributed by atoms with van der Waals surface area (Å²) in [5, 5.41) is 3.17. The molecule has 1 N–H and O–H groups in total. The van der Waals surface area contributed by atoms with Crippen molar-refractivity contribution in [1.29, 1.82) is 0 Å². The molecule has 4 aliphatic carbocycles. The fraction of sp³-hybridized carbons (Fsp3) is 0.450. The van der Waals surface area contributed by atoms with Gasteiger partial charge in [0.1, 0.15) is 0 Å². The van der Waals surface area contributed by atoms with Crippen LogP contribution in [0.1, 0.15) is 12.8 Å². The molecule has 1 aromatic rings. The highest BCUT2D eigenvalue weighted by atomic mass is 79.9. The molecule has 2 bridgehead atoms. The van der Waals surface area contributed by atoms with E-state index in [0.29, 0.717) is 22.5 Å². The van der Waals surface area contributed by atoms with Crippen LogP contribution in [0.4, 0.5) is 5.69 Å². The summed E-state index contributed by atoms with van der Waals surface area (Å²) in [6.07, 6.45) is 5.51. The monoisotopic (exact) mass is 448 g/mol. The SMILES string of the molecule is O=C(CCN1C(=O)[C@@H]2[C@@H]3C=C[C@@H]([C@@H]4C[C@@H]34)[C@@H]2C1=O)Nc1ccc(Br)cc1Cl. The number of amides is 3. The van der Waals surface area contributed by atoms with Crippen LogP contribution in [0.5, 0.6) is 0 Å². The van der Waals surface area contributed by atoms with Crippen LogP contribution < -0.4 is 5.32 Å². The van der Waals surface area contributed by atoms with E-state index in [4.69, 9.17) is 11.6 Å². The fourth-order valence-corrected chi connectivity index (χ4v) is 5.98. The van der Waals surface area contributed by atoms with Gasteiger partial charge in [-0.05, 0) is 48.3 Å². The minimum atomic E-state index is -0.265. The van der Waals surface area contributed by atoms with Crippen molar-refractivity contribution in [1.82, 2.24) is 4.90 Å². The molecule has 5 nitrogen and oxygen atoms in total. The van der Waals surface area contributed by atoms with Gasteiger partial charge in [-0.3, -0.25) is 19.3 Å². The summed E-state index contributed by atoms with van der Waals surface area (Å²) >= 11 is 9.44. The second kappa shape index (κ2) is 6.17. The van der Waals surface area contributed by atoms with E-state index < -0.39 is 0 Å². The van der Waals surface area contributed by atoms with Crippen molar-refractivity contribution in [2.45, 2.75) is 12.8 Å². The molecule has 0 spiro atoms. The Bertz CT molecular complexity index is 865. The molecular formula is C20H18BrClN2O3. The average molecular weight is 450 g/mol. The summed E-state index contributed by atoms with van der Waals surface area (Å²) in [5.41, 5.74) is 0.514. The number of likely N-dealkylation sites (tertiary alicyclic amines) is 1. The average Bonchev–Trinajstić information content (AvgIpc) is 3.41. The zero-order valence-corrected chi connectivity index (χ0v) is 16.7. The molecule has 1 aromatic carbocycles. The van der Waals surface area contributed by atoms with Crippen LogP contribution >= 0.6 is 27.5 Å². The minimum absolute atomic E-state index is 0.0684. The molecule has 1 heterocycles. The number of carbonyl (C=O) groups is 3. The Labute approximate surface area is 170 Å². The van der Waals surface area contributed by atoms with Crippen LogP contribution in [0.3, 0.4) is 0 Å². The lowest BCUT2D eigenvalue weighted by Crippen LogP contribution is -2.40. The van der Waals surface area contributed by atoms with E-state index in [1.807, 2.05) is 0 Å². The Kier molecular flexibility index (Phi) is 3.99. The van der Waals surface area contributed by atoms with E-state index in [-0.39, 0.29) is 54.4 Å². The number of nitrogens with zero attached hydrogens (tertiary/aromatic N) is 1. The number of hydrogen-bond acceptors (Lipinski definition) is 3. The number of hydrogen-bond donors (Lipinski definition) is 1. The Morgan fingerprint density at radius 2 is 1.78 bits per heavy atom. The Hall–Kier alpha value is -1.66. The Balaban J connectivity index is 1.25. The predicted molar refractivity (Wildman–Crippen MR) is 104 cm³/mol. The highest BCUT2D eigenvalue weighted by Crippen LogP contribution is 2.65. The van der Waals surface area contributed by atoms with Crippen LogP contribution in [0.15, 0.2) is 34.8 Å². The fourth-order valence-electron chi connectivity index (χ4n) is 5.26. The molecule has 27 heavy (non-hydrogen) atoms. The molecule has 2 saturated carbocycles. The first-order valence-electron chi connectivity index (χ1n) is 9.24. The lowest BCUT2D eigenvalue weighted by molar-refractivity contribution is -0.140. The third-order valence-electron chi connectivity index (χ3n) is 6.52. The highest BCUT2D eigenvalue weighted by molar-refractivity contribution is 9.10. The maximum Gasteiger partial charge on any atom is 0.233 e. The number of allylic oxidation sites excluding steroid dienone is 2. The zero-order chi connectivity index (χ0) is 18.9. The minimum Gasteiger partial charge on any atom is -0.325 e. The molecule has 0 radical (unpaired) electrons. The summed E-state index contributed by atoms with van der Waals surface area (Å²) in [5.74, 6) is 0.720. The predicted octanol–water partition coefficient (Wildman–Crippen LogP) is 3.48. The van der Waals surface area contributed by atoms with Gasteiger partial charge in [0.15, 0.2) is 0 Å². The first-order chi connectivity index (χ1) is 13.0. The molecule has 5 aliphatic rings. The maximum absolute atomic E-state index is 12.9. The summed E-state index contributed by atoms with van der Waals surface area (Å²) in [4.78, 5) is 39.4. The molecule has 0 unspecified atom stereocenters. The maximum atomic E-state index is 12.9. The topological polar surface area (TPSA) is 66.5 Å². The molecule has 1 saturated heterocycles. The van der Waals surface area contributed by atoms with Crippen molar-refractivity contribution in [2.24, 2.45) is 35.5 Å². The van der Waals surface area contributed by atoms with Crippen molar-refractivity contribution >= 4 is 50.9 Å². The molecule has 1 aliphatic heterocycles.